The second-order valence-corrected chi connectivity index (χ2v) is 3.81. The number of aromatic nitrogens is 2. The van der Waals surface area contributed by atoms with Crippen molar-refractivity contribution in [3.8, 4) is 11.5 Å². The highest BCUT2D eigenvalue weighted by atomic mass is 19.1. The molecule has 0 saturated heterocycles. The summed E-state index contributed by atoms with van der Waals surface area (Å²) in [5, 5.41) is 3.89. The summed E-state index contributed by atoms with van der Waals surface area (Å²) in [6.07, 6.45) is 0. The zero-order valence-electron chi connectivity index (χ0n) is 10.4. The standard InChI is InChI=1S/C12H15FN4O/c1-3-17(4-2)12-15-11(18-16-12)8-5-6-9(13)10(14)7-8/h5-7H,3-4,14H2,1-2H3. The van der Waals surface area contributed by atoms with E-state index in [0.717, 1.165) is 13.1 Å². The first-order valence-electron chi connectivity index (χ1n) is 5.79. The molecular weight excluding hydrogens is 235 g/mol. The number of rotatable bonds is 4. The molecule has 2 rings (SSSR count). The summed E-state index contributed by atoms with van der Waals surface area (Å²) in [4.78, 5) is 6.22. The molecule has 2 N–H and O–H groups in total. The fourth-order valence-electron chi connectivity index (χ4n) is 1.64. The highest BCUT2D eigenvalue weighted by Crippen LogP contribution is 2.23. The van der Waals surface area contributed by atoms with Gasteiger partial charge in [-0.15, -0.1) is 0 Å². The van der Waals surface area contributed by atoms with Crippen molar-refractivity contribution in [2.75, 3.05) is 23.7 Å². The molecular formula is C12H15FN4O. The van der Waals surface area contributed by atoms with Gasteiger partial charge in [0.1, 0.15) is 5.82 Å². The van der Waals surface area contributed by atoms with E-state index in [-0.39, 0.29) is 5.69 Å². The van der Waals surface area contributed by atoms with Crippen LogP contribution in [-0.2, 0) is 0 Å². The van der Waals surface area contributed by atoms with Gasteiger partial charge in [-0.1, -0.05) is 0 Å². The van der Waals surface area contributed by atoms with Crippen LogP contribution in [0.25, 0.3) is 11.5 Å². The maximum absolute atomic E-state index is 13.1. The van der Waals surface area contributed by atoms with Crippen LogP contribution in [0.5, 0.6) is 0 Å². The number of hydrogen-bond donors (Lipinski definition) is 1. The third-order valence-corrected chi connectivity index (χ3v) is 2.70. The van der Waals surface area contributed by atoms with Crippen molar-refractivity contribution in [2.24, 2.45) is 0 Å². The van der Waals surface area contributed by atoms with E-state index < -0.39 is 5.82 Å². The molecule has 1 aromatic carbocycles. The molecule has 0 fully saturated rings. The van der Waals surface area contributed by atoms with E-state index in [1.54, 1.807) is 6.07 Å². The van der Waals surface area contributed by atoms with Crippen molar-refractivity contribution in [3.05, 3.63) is 24.0 Å². The van der Waals surface area contributed by atoms with Crippen LogP contribution in [0.4, 0.5) is 16.0 Å². The Morgan fingerprint density at radius 2 is 2.06 bits per heavy atom. The van der Waals surface area contributed by atoms with Gasteiger partial charge in [-0.2, -0.15) is 4.98 Å². The second-order valence-electron chi connectivity index (χ2n) is 3.81. The number of benzene rings is 1. The molecule has 6 heteroatoms. The number of nitrogens with zero attached hydrogens (tertiary/aromatic N) is 3. The molecule has 0 amide bonds. The summed E-state index contributed by atoms with van der Waals surface area (Å²) in [7, 11) is 0. The molecule has 0 atom stereocenters. The number of nitrogen functional groups attached to an aromatic ring is 1. The van der Waals surface area contributed by atoms with E-state index in [1.807, 2.05) is 18.7 Å². The molecule has 0 aliphatic heterocycles. The molecule has 2 aromatic rings. The molecule has 96 valence electrons. The van der Waals surface area contributed by atoms with Crippen molar-refractivity contribution in [1.29, 1.82) is 0 Å². The Morgan fingerprint density at radius 1 is 1.33 bits per heavy atom. The van der Waals surface area contributed by atoms with Crippen LogP contribution in [0, 0.1) is 5.82 Å². The fourth-order valence-corrected chi connectivity index (χ4v) is 1.64. The van der Waals surface area contributed by atoms with Crippen LogP contribution in [0.2, 0.25) is 0 Å². The lowest BCUT2D eigenvalue weighted by Gasteiger charge is -2.14. The number of halogens is 1. The minimum Gasteiger partial charge on any atom is -0.396 e. The second kappa shape index (κ2) is 5.03. The van der Waals surface area contributed by atoms with Crippen molar-refractivity contribution >= 4 is 11.6 Å². The largest absolute Gasteiger partial charge is 0.396 e. The van der Waals surface area contributed by atoms with Crippen molar-refractivity contribution < 1.29 is 8.91 Å². The molecule has 1 aromatic heterocycles. The smallest absolute Gasteiger partial charge is 0.266 e. The number of nitrogens with two attached hydrogens (primary N) is 1. The molecule has 18 heavy (non-hydrogen) atoms. The van der Waals surface area contributed by atoms with Gasteiger partial charge >= 0.3 is 0 Å². The van der Waals surface area contributed by atoms with E-state index in [4.69, 9.17) is 10.3 Å². The monoisotopic (exact) mass is 250 g/mol. The molecule has 1 heterocycles. The third kappa shape index (κ3) is 2.27. The maximum Gasteiger partial charge on any atom is 0.266 e. The van der Waals surface area contributed by atoms with E-state index in [0.29, 0.717) is 17.4 Å². The first-order valence-corrected chi connectivity index (χ1v) is 5.79. The minimum atomic E-state index is -0.456. The lowest BCUT2D eigenvalue weighted by molar-refractivity contribution is 0.429. The van der Waals surface area contributed by atoms with Crippen molar-refractivity contribution in [3.63, 3.8) is 0 Å². The van der Waals surface area contributed by atoms with Crippen molar-refractivity contribution in [2.45, 2.75) is 13.8 Å². The van der Waals surface area contributed by atoms with Crippen LogP contribution in [0.15, 0.2) is 22.7 Å². The minimum absolute atomic E-state index is 0.0649. The van der Waals surface area contributed by atoms with E-state index in [1.165, 1.54) is 12.1 Å². The van der Waals surface area contributed by atoms with Gasteiger partial charge in [0.25, 0.3) is 11.8 Å². The van der Waals surface area contributed by atoms with E-state index in [9.17, 15) is 4.39 Å². The Hall–Kier alpha value is -2.11. The van der Waals surface area contributed by atoms with Gasteiger partial charge in [0, 0.05) is 18.7 Å². The zero-order valence-corrected chi connectivity index (χ0v) is 10.4. The predicted octanol–water partition coefficient (Wildman–Crippen LogP) is 2.30. The normalized spacial score (nSPS) is 10.6. The van der Waals surface area contributed by atoms with Crippen LogP contribution < -0.4 is 10.6 Å². The van der Waals surface area contributed by atoms with Gasteiger partial charge in [0.2, 0.25) is 0 Å². The number of anilines is 2. The SMILES string of the molecule is CCN(CC)c1noc(-c2ccc(F)c(N)c2)n1. The highest BCUT2D eigenvalue weighted by Gasteiger charge is 2.13. The summed E-state index contributed by atoms with van der Waals surface area (Å²) < 4.78 is 18.2. The summed E-state index contributed by atoms with van der Waals surface area (Å²) in [6, 6.07) is 4.33. The zero-order chi connectivity index (χ0) is 13.1. The van der Waals surface area contributed by atoms with Crippen LogP contribution in [0.1, 0.15) is 13.8 Å². The van der Waals surface area contributed by atoms with Crippen LogP contribution >= 0.6 is 0 Å². The van der Waals surface area contributed by atoms with Gasteiger partial charge in [0.15, 0.2) is 0 Å². The molecule has 0 bridgehead atoms. The molecule has 0 radical (unpaired) electrons. The lowest BCUT2D eigenvalue weighted by Crippen LogP contribution is -2.22. The molecule has 0 aliphatic rings. The molecule has 0 unspecified atom stereocenters. The topological polar surface area (TPSA) is 68.2 Å². The van der Waals surface area contributed by atoms with E-state index in [2.05, 4.69) is 10.1 Å². The Bertz CT molecular complexity index is 537. The summed E-state index contributed by atoms with van der Waals surface area (Å²) in [5.74, 6) is 0.406. The average molecular weight is 250 g/mol. The predicted molar refractivity (Wildman–Crippen MR) is 67.7 cm³/mol. The number of hydrogen-bond acceptors (Lipinski definition) is 5. The Labute approximate surface area is 104 Å². The molecule has 0 saturated carbocycles. The average Bonchev–Trinajstić information content (AvgIpc) is 2.84. The Morgan fingerprint density at radius 3 is 2.67 bits per heavy atom. The lowest BCUT2D eigenvalue weighted by atomic mass is 10.2. The van der Waals surface area contributed by atoms with Gasteiger partial charge in [-0.05, 0) is 37.2 Å². The summed E-state index contributed by atoms with van der Waals surface area (Å²) in [5.41, 5.74) is 6.18. The van der Waals surface area contributed by atoms with Gasteiger partial charge in [-0.25, -0.2) is 4.39 Å². The van der Waals surface area contributed by atoms with Gasteiger partial charge in [0.05, 0.1) is 5.69 Å². The maximum atomic E-state index is 13.1. The summed E-state index contributed by atoms with van der Waals surface area (Å²) in [6.45, 7) is 5.60. The first-order chi connectivity index (χ1) is 8.65. The molecule has 0 spiro atoms. The highest BCUT2D eigenvalue weighted by molar-refractivity contribution is 5.60. The van der Waals surface area contributed by atoms with Crippen molar-refractivity contribution in [1.82, 2.24) is 10.1 Å². The van der Waals surface area contributed by atoms with Crippen LogP contribution in [0.3, 0.4) is 0 Å². The van der Waals surface area contributed by atoms with Gasteiger partial charge in [-0.3, -0.25) is 0 Å². The summed E-state index contributed by atoms with van der Waals surface area (Å²) >= 11 is 0. The molecule has 5 nitrogen and oxygen atoms in total. The first kappa shape index (κ1) is 12.3. The fraction of sp³-hybridized carbons (Fsp3) is 0.333. The molecule has 0 aliphatic carbocycles. The Balaban J connectivity index is 2.31. The van der Waals surface area contributed by atoms with E-state index >= 15 is 0 Å². The quantitative estimate of drug-likeness (QED) is 0.843. The van der Waals surface area contributed by atoms with Crippen LogP contribution in [-0.4, -0.2) is 23.2 Å². The Kier molecular flexibility index (Phi) is 3.45. The third-order valence-electron chi connectivity index (χ3n) is 2.70. The van der Waals surface area contributed by atoms with Gasteiger partial charge < -0.3 is 15.2 Å².